The second-order valence-electron chi connectivity index (χ2n) is 5.67. The van der Waals surface area contributed by atoms with Gasteiger partial charge in [-0.3, -0.25) is 9.59 Å². The lowest BCUT2D eigenvalue weighted by Gasteiger charge is -2.26. The second-order valence-corrected chi connectivity index (χ2v) is 5.67. The smallest absolute Gasteiger partial charge is 0.228 e. The summed E-state index contributed by atoms with van der Waals surface area (Å²) in [5.74, 6) is -1.20. The Bertz CT molecular complexity index is 743. The van der Waals surface area contributed by atoms with E-state index in [1.807, 2.05) is 25.1 Å². The van der Waals surface area contributed by atoms with Crippen molar-refractivity contribution in [2.75, 3.05) is 5.32 Å². The number of fused-ring (bicyclic) bond motifs is 1. The SMILES string of the molecule is CC(NC(=O)C1CC(=O)Nc2ccccc21)c1ccc(F)cc1. The first-order valence-electron chi connectivity index (χ1n) is 7.49. The van der Waals surface area contributed by atoms with Crippen LogP contribution in [0.3, 0.4) is 0 Å². The van der Waals surface area contributed by atoms with Crippen LogP contribution in [0.25, 0.3) is 0 Å². The van der Waals surface area contributed by atoms with Crippen LogP contribution in [0, 0.1) is 5.82 Å². The van der Waals surface area contributed by atoms with Gasteiger partial charge >= 0.3 is 0 Å². The van der Waals surface area contributed by atoms with Crippen molar-refractivity contribution in [2.45, 2.75) is 25.3 Å². The quantitative estimate of drug-likeness (QED) is 0.915. The van der Waals surface area contributed by atoms with Crippen LogP contribution in [-0.4, -0.2) is 11.8 Å². The highest BCUT2D eigenvalue weighted by Crippen LogP contribution is 2.32. The molecule has 0 fully saturated rings. The molecule has 1 aliphatic rings. The van der Waals surface area contributed by atoms with Gasteiger partial charge in [-0.1, -0.05) is 30.3 Å². The van der Waals surface area contributed by atoms with Gasteiger partial charge in [0.2, 0.25) is 11.8 Å². The first kappa shape index (κ1) is 15.2. The minimum Gasteiger partial charge on any atom is -0.349 e. The van der Waals surface area contributed by atoms with Crippen LogP contribution in [0.15, 0.2) is 48.5 Å². The summed E-state index contributed by atoms with van der Waals surface area (Å²) >= 11 is 0. The molecule has 2 unspecified atom stereocenters. The Morgan fingerprint density at radius 3 is 2.65 bits per heavy atom. The molecule has 0 aliphatic carbocycles. The van der Waals surface area contributed by atoms with Crippen molar-refractivity contribution in [3.8, 4) is 0 Å². The molecule has 0 aromatic heterocycles. The molecule has 0 radical (unpaired) electrons. The zero-order valence-electron chi connectivity index (χ0n) is 12.7. The van der Waals surface area contributed by atoms with Crippen LogP contribution < -0.4 is 10.6 Å². The maximum Gasteiger partial charge on any atom is 0.228 e. The number of hydrogen-bond donors (Lipinski definition) is 2. The predicted octanol–water partition coefficient (Wildman–Crippen LogP) is 3.13. The van der Waals surface area contributed by atoms with Gasteiger partial charge in [-0.05, 0) is 36.2 Å². The molecule has 0 saturated carbocycles. The fourth-order valence-corrected chi connectivity index (χ4v) is 2.79. The van der Waals surface area contributed by atoms with E-state index in [1.165, 1.54) is 12.1 Å². The first-order chi connectivity index (χ1) is 11.0. The Balaban J connectivity index is 1.78. The lowest BCUT2D eigenvalue weighted by atomic mass is 9.89. The molecule has 1 heterocycles. The summed E-state index contributed by atoms with van der Waals surface area (Å²) in [5, 5.41) is 5.68. The number of halogens is 1. The van der Waals surface area contributed by atoms with E-state index in [0.29, 0.717) is 5.69 Å². The summed E-state index contributed by atoms with van der Waals surface area (Å²) in [5.41, 5.74) is 2.31. The van der Waals surface area contributed by atoms with Gasteiger partial charge in [-0.15, -0.1) is 0 Å². The summed E-state index contributed by atoms with van der Waals surface area (Å²) in [4.78, 5) is 24.4. The number of carbonyl (C=O) groups is 2. The van der Waals surface area contributed by atoms with Crippen LogP contribution in [0.4, 0.5) is 10.1 Å². The molecule has 5 heteroatoms. The Morgan fingerprint density at radius 1 is 1.22 bits per heavy atom. The summed E-state index contributed by atoms with van der Waals surface area (Å²) < 4.78 is 13.0. The van der Waals surface area contributed by atoms with Crippen LogP contribution >= 0.6 is 0 Å². The molecule has 2 atom stereocenters. The number of para-hydroxylation sites is 1. The standard InChI is InChI=1S/C18H17FN2O2/c1-11(12-6-8-13(19)9-7-12)20-18(23)15-10-17(22)21-16-5-3-2-4-14(15)16/h2-9,11,15H,10H2,1H3,(H,20,23)(H,21,22). The molecule has 1 aliphatic heterocycles. The minimum atomic E-state index is -0.511. The number of amides is 2. The van der Waals surface area contributed by atoms with Crippen molar-refractivity contribution >= 4 is 17.5 Å². The fraction of sp³-hybridized carbons (Fsp3) is 0.222. The monoisotopic (exact) mass is 312 g/mol. The van der Waals surface area contributed by atoms with Crippen molar-refractivity contribution in [2.24, 2.45) is 0 Å². The fourth-order valence-electron chi connectivity index (χ4n) is 2.79. The van der Waals surface area contributed by atoms with Crippen LogP contribution in [0.5, 0.6) is 0 Å². The molecular weight excluding hydrogens is 295 g/mol. The maximum absolute atomic E-state index is 13.0. The second kappa shape index (κ2) is 6.20. The van der Waals surface area contributed by atoms with E-state index in [4.69, 9.17) is 0 Å². The third-order valence-corrected chi connectivity index (χ3v) is 4.05. The summed E-state index contributed by atoms with van der Waals surface area (Å²) in [6.07, 6.45) is 0.124. The molecule has 4 nitrogen and oxygen atoms in total. The third kappa shape index (κ3) is 3.23. The van der Waals surface area contributed by atoms with Crippen LogP contribution in [0.1, 0.15) is 36.4 Å². The summed E-state index contributed by atoms with van der Waals surface area (Å²) in [7, 11) is 0. The number of rotatable bonds is 3. The van der Waals surface area contributed by atoms with E-state index in [9.17, 15) is 14.0 Å². The summed E-state index contributed by atoms with van der Waals surface area (Å²) in [6.45, 7) is 1.83. The lowest BCUT2D eigenvalue weighted by Crippen LogP contribution is -2.36. The van der Waals surface area contributed by atoms with Crippen LogP contribution in [0.2, 0.25) is 0 Å². The normalized spacial score (nSPS) is 17.8. The van der Waals surface area contributed by atoms with Gasteiger partial charge in [0.25, 0.3) is 0 Å². The Labute approximate surface area is 133 Å². The number of benzene rings is 2. The molecule has 2 aromatic carbocycles. The molecule has 118 valence electrons. The molecule has 2 amide bonds. The van der Waals surface area contributed by atoms with Gasteiger partial charge in [0.1, 0.15) is 5.82 Å². The third-order valence-electron chi connectivity index (χ3n) is 4.05. The van der Waals surface area contributed by atoms with Gasteiger partial charge in [0.05, 0.1) is 12.0 Å². The molecule has 2 aromatic rings. The maximum atomic E-state index is 13.0. The highest BCUT2D eigenvalue weighted by Gasteiger charge is 2.31. The first-order valence-corrected chi connectivity index (χ1v) is 7.49. The highest BCUT2D eigenvalue weighted by atomic mass is 19.1. The molecule has 0 spiro atoms. The molecule has 3 rings (SSSR count). The Morgan fingerprint density at radius 2 is 1.91 bits per heavy atom. The van der Waals surface area contributed by atoms with E-state index in [1.54, 1.807) is 18.2 Å². The van der Waals surface area contributed by atoms with Gasteiger partial charge in [-0.2, -0.15) is 0 Å². The number of anilines is 1. The molecule has 0 saturated heterocycles. The highest BCUT2D eigenvalue weighted by molar-refractivity contribution is 6.01. The van der Waals surface area contributed by atoms with E-state index in [0.717, 1.165) is 11.1 Å². The molecule has 0 bridgehead atoms. The van der Waals surface area contributed by atoms with Crippen molar-refractivity contribution < 1.29 is 14.0 Å². The van der Waals surface area contributed by atoms with Gasteiger partial charge in [0.15, 0.2) is 0 Å². The van der Waals surface area contributed by atoms with E-state index < -0.39 is 5.92 Å². The minimum absolute atomic E-state index is 0.124. The van der Waals surface area contributed by atoms with E-state index >= 15 is 0 Å². The number of carbonyl (C=O) groups excluding carboxylic acids is 2. The predicted molar refractivity (Wildman–Crippen MR) is 85.4 cm³/mol. The largest absolute Gasteiger partial charge is 0.349 e. The Kier molecular flexibility index (Phi) is 4.10. The van der Waals surface area contributed by atoms with Crippen molar-refractivity contribution in [3.05, 3.63) is 65.5 Å². The average molecular weight is 312 g/mol. The van der Waals surface area contributed by atoms with E-state index in [-0.39, 0.29) is 30.1 Å². The van der Waals surface area contributed by atoms with Gasteiger partial charge in [-0.25, -0.2) is 4.39 Å². The number of nitrogens with one attached hydrogen (secondary N) is 2. The zero-order chi connectivity index (χ0) is 16.4. The van der Waals surface area contributed by atoms with E-state index in [2.05, 4.69) is 10.6 Å². The molecular formula is C18H17FN2O2. The average Bonchev–Trinajstić information content (AvgIpc) is 2.54. The zero-order valence-corrected chi connectivity index (χ0v) is 12.7. The van der Waals surface area contributed by atoms with Crippen molar-refractivity contribution in [1.29, 1.82) is 0 Å². The molecule has 23 heavy (non-hydrogen) atoms. The number of hydrogen-bond acceptors (Lipinski definition) is 2. The van der Waals surface area contributed by atoms with Crippen molar-refractivity contribution in [3.63, 3.8) is 0 Å². The van der Waals surface area contributed by atoms with Crippen molar-refractivity contribution in [1.82, 2.24) is 5.32 Å². The topological polar surface area (TPSA) is 58.2 Å². The van der Waals surface area contributed by atoms with Gasteiger partial charge in [0, 0.05) is 12.1 Å². The lowest BCUT2D eigenvalue weighted by molar-refractivity contribution is -0.126. The van der Waals surface area contributed by atoms with Gasteiger partial charge < -0.3 is 10.6 Å². The Hall–Kier alpha value is -2.69. The summed E-state index contributed by atoms with van der Waals surface area (Å²) in [6, 6.07) is 13.0. The van der Waals surface area contributed by atoms with Crippen LogP contribution in [-0.2, 0) is 9.59 Å². The molecule has 2 N–H and O–H groups in total.